The number of carbonyl (C=O) groups is 2. The average Bonchev–Trinajstić information content (AvgIpc) is 2.93. The van der Waals surface area contributed by atoms with Crippen LogP contribution >= 0.6 is 11.8 Å². The van der Waals surface area contributed by atoms with E-state index < -0.39 is 0 Å². The monoisotopic (exact) mass is 502 g/mol. The zero-order valence-electron chi connectivity index (χ0n) is 21.0. The Bertz CT molecular complexity index is 1160. The van der Waals surface area contributed by atoms with Crippen molar-refractivity contribution in [2.24, 2.45) is 0 Å². The fourth-order valence-corrected chi connectivity index (χ4v) is 5.07. The summed E-state index contributed by atoms with van der Waals surface area (Å²) in [5, 5.41) is 3.31. The van der Waals surface area contributed by atoms with Crippen molar-refractivity contribution in [3.63, 3.8) is 0 Å². The van der Waals surface area contributed by atoms with Gasteiger partial charge in [0.15, 0.2) is 0 Å². The summed E-state index contributed by atoms with van der Waals surface area (Å²) >= 11 is 1.70. The smallest absolute Gasteiger partial charge is 0.338 e. The molecule has 1 aliphatic heterocycles. The zero-order valence-corrected chi connectivity index (χ0v) is 21.9. The number of hydrogen-bond donors (Lipinski definition) is 1. The first-order chi connectivity index (χ1) is 17.6. The Labute approximate surface area is 218 Å². The Kier molecular flexibility index (Phi) is 9.06. The molecular weight excluding hydrogens is 468 g/mol. The van der Waals surface area contributed by atoms with Gasteiger partial charge in [-0.2, -0.15) is 0 Å². The van der Waals surface area contributed by atoms with E-state index in [0.717, 1.165) is 29.8 Å². The molecule has 36 heavy (non-hydrogen) atoms. The van der Waals surface area contributed by atoms with Crippen molar-refractivity contribution in [2.75, 3.05) is 30.9 Å². The fourth-order valence-electron chi connectivity index (χ4n) is 4.66. The van der Waals surface area contributed by atoms with E-state index in [1.807, 2.05) is 18.2 Å². The highest BCUT2D eigenvalue weighted by atomic mass is 32.2. The number of piperidine rings is 1. The first kappa shape index (κ1) is 25.8. The number of amides is 1. The number of benzene rings is 3. The molecule has 0 aromatic heterocycles. The molecule has 1 atom stereocenters. The van der Waals surface area contributed by atoms with Gasteiger partial charge in [-0.3, -0.25) is 4.79 Å². The lowest BCUT2D eigenvalue weighted by molar-refractivity contribution is -0.120. The third-order valence-electron chi connectivity index (χ3n) is 6.53. The van der Waals surface area contributed by atoms with E-state index in [-0.39, 0.29) is 24.3 Å². The Morgan fingerprint density at radius 2 is 1.64 bits per heavy atom. The van der Waals surface area contributed by atoms with Crippen LogP contribution in [0, 0.1) is 0 Å². The second-order valence-electron chi connectivity index (χ2n) is 8.97. The summed E-state index contributed by atoms with van der Waals surface area (Å²) in [5.74, 6) is -0.414. The Hall–Kier alpha value is -3.25. The van der Waals surface area contributed by atoms with Gasteiger partial charge in [-0.15, -0.1) is 11.8 Å². The molecule has 0 bridgehead atoms. The number of anilines is 1. The van der Waals surface area contributed by atoms with E-state index in [9.17, 15) is 9.59 Å². The lowest BCUT2D eigenvalue weighted by atomic mass is 9.95. The molecule has 0 saturated carbocycles. The maximum absolute atomic E-state index is 13.3. The van der Waals surface area contributed by atoms with Gasteiger partial charge in [0.05, 0.1) is 24.6 Å². The molecule has 0 radical (unpaired) electrons. The molecule has 6 heteroatoms. The highest BCUT2D eigenvalue weighted by molar-refractivity contribution is 7.98. The van der Waals surface area contributed by atoms with Gasteiger partial charge in [0, 0.05) is 29.2 Å². The van der Waals surface area contributed by atoms with Gasteiger partial charge in [-0.1, -0.05) is 42.5 Å². The van der Waals surface area contributed by atoms with Crippen molar-refractivity contribution < 1.29 is 14.3 Å². The van der Waals surface area contributed by atoms with Crippen LogP contribution in [0.1, 0.15) is 59.3 Å². The minimum Gasteiger partial charge on any atom is -0.462 e. The van der Waals surface area contributed by atoms with Gasteiger partial charge in [0.1, 0.15) is 0 Å². The molecule has 0 aliphatic carbocycles. The molecule has 5 nitrogen and oxygen atoms in total. The summed E-state index contributed by atoms with van der Waals surface area (Å²) in [4.78, 5) is 28.9. The Balaban J connectivity index is 1.58. The number of ether oxygens (including phenoxy) is 1. The van der Waals surface area contributed by atoms with E-state index in [2.05, 4.69) is 58.9 Å². The third-order valence-corrected chi connectivity index (χ3v) is 7.27. The molecule has 1 amide bonds. The first-order valence-corrected chi connectivity index (χ1v) is 13.8. The molecule has 4 rings (SSSR count). The van der Waals surface area contributed by atoms with Gasteiger partial charge in [0.25, 0.3) is 0 Å². The predicted molar refractivity (Wildman–Crippen MR) is 147 cm³/mol. The van der Waals surface area contributed by atoms with E-state index in [1.54, 1.807) is 30.8 Å². The standard InChI is InChI=1S/C30H34N2O3S/c1-3-35-30(34)24-13-11-22(12-14-24)21-28(33)31-29(23-15-17-25(36-2)18-16-23)26-9-5-6-10-27(26)32-19-7-4-8-20-32/h5-6,9-18,29H,3-4,7-8,19-21H2,1-2H3,(H,31,33). The van der Waals surface area contributed by atoms with Crippen molar-refractivity contribution in [1.82, 2.24) is 5.32 Å². The van der Waals surface area contributed by atoms with Crippen LogP contribution in [-0.2, 0) is 16.0 Å². The van der Waals surface area contributed by atoms with Crippen molar-refractivity contribution in [3.05, 3.63) is 95.1 Å². The molecule has 1 fully saturated rings. The summed E-state index contributed by atoms with van der Waals surface area (Å²) < 4.78 is 5.05. The topological polar surface area (TPSA) is 58.6 Å². The fraction of sp³-hybridized carbons (Fsp3) is 0.333. The minimum atomic E-state index is -0.350. The highest BCUT2D eigenvalue weighted by Crippen LogP contribution is 2.33. The number of nitrogens with one attached hydrogen (secondary N) is 1. The van der Waals surface area contributed by atoms with Crippen LogP contribution in [0.3, 0.4) is 0 Å². The van der Waals surface area contributed by atoms with Crippen LogP contribution in [0.25, 0.3) is 0 Å². The lowest BCUT2D eigenvalue weighted by Crippen LogP contribution is -2.34. The molecule has 0 spiro atoms. The van der Waals surface area contributed by atoms with E-state index in [1.165, 1.54) is 29.8 Å². The van der Waals surface area contributed by atoms with E-state index >= 15 is 0 Å². The largest absolute Gasteiger partial charge is 0.462 e. The van der Waals surface area contributed by atoms with Crippen LogP contribution < -0.4 is 10.2 Å². The number of thioether (sulfide) groups is 1. The van der Waals surface area contributed by atoms with Crippen molar-refractivity contribution in [2.45, 2.75) is 43.5 Å². The quantitative estimate of drug-likeness (QED) is 0.286. The third kappa shape index (κ3) is 6.49. The summed E-state index contributed by atoms with van der Waals surface area (Å²) in [6, 6.07) is 23.7. The van der Waals surface area contributed by atoms with Crippen LogP contribution in [0.15, 0.2) is 77.7 Å². The summed E-state index contributed by atoms with van der Waals surface area (Å²) in [6.45, 7) is 4.19. The van der Waals surface area contributed by atoms with Gasteiger partial charge in [-0.25, -0.2) is 4.79 Å². The van der Waals surface area contributed by atoms with Crippen molar-refractivity contribution in [3.8, 4) is 0 Å². The number of hydrogen-bond acceptors (Lipinski definition) is 5. The Morgan fingerprint density at radius 3 is 2.31 bits per heavy atom. The molecule has 188 valence electrons. The number of rotatable bonds is 9. The maximum Gasteiger partial charge on any atom is 0.338 e. The molecular formula is C30H34N2O3S. The van der Waals surface area contributed by atoms with E-state index in [0.29, 0.717) is 12.2 Å². The first-order valence-electron chi connectivity index (χ1n) is 12.6. The molecule has 1 unspecified atom stereocenters. The summed E-state index contributed by atoms with van der Waals surface area (Å²) in [7, 11) is 0. The number of para-hydroxylation sites is 1. The summed E-state index contributed by atoms with van der Waals surface area (Å²) in [5.41, 5.74) is 4.70. The Morgan fingerprint density at radius 1 is 0.944 bits per heavy atom. The minimum absolute atomic E-state index is 0.0636. The average molecular weight is 503 g/mol. The van der Waals surface area contributed by atoms with Crippen LogP contribution in [0.4, 0.5) is 5.69 Å². The molecule has 3 aromatic carbocycles. The molecule has 1 N–H and O–H groups in total. The van der Waals surface area contributed by atoms with Gasteiger partial charge in [0.2, 0.25) is 5.91 Å². The number of nitrogens with zero attached hydrogens (tertiary/aromatic N) is 1. The molecule has 1 aliphatic rings. The predicted octanol–water partition coefficient (Wildman–Crippen LogP) is 6.02. The van der Waals surface area contributed by atoms with Gasteiger partial charge >= 0.3 is 5.97 Å². The van der Waals surface area contributed by atoms with Crippen LogP contribution in [0.5, 0.6) is 0 Å². The highest BCUT2D eigenvalue weighted by Gasteiger charge is 2.23. The SMILES string of the molecule is CCOC(=O)c1ccc(CC(=O)NC(c2ccc(SC)cc2)c2ccccc2N2CCCCC2)cc1. The van der Waals surface area contributed by atoms with Crippen molar-refractivity contribution >= 4 is 29.3 Å². The van der Waals surface area contributed by atoms with Crippen molar-refractivity contribution in [1.29, 1.82) is 0 Å². The summed E-state index contributed by atoms with van der Waals surface area (Å²) in [6.07, 6.45) is 5.94. The second-order valence-corrected chi connectivity index (χ2v) is 9.85. The maximum atomic E-state index is 13.3. The zero-order chi connectivity index (χ0) is 25.3. The normalized spacial score (nSPS) is 14.2. The molecule has 1 saturated heterocycles. The van der Waals surface area contributed by atoms with Gasteiger partial charge in [-0.05, 0) is 73.9 Å². The molecule has 3 aromatic rings. The van der Waals surface area contributed by atoms with E-state index in [4.69, 9.17) is 4.74 Å². The number of esters is 1. The van der Waals surface area contributed by atoms with Crippen LogP contribution in [-0.4, -0.2) is 37.8 Å². The second kappa shape index (κ2) is 12.6. The molecule has 1 heterocycles. The van der Waals surface area contributed by atoms with Gasteiger partial charge < -0.3 is 15.0 Å². The number of carbonyl (C=O) groups excluding carboxylic acids is 2. The lowest BCUT2D eigenvalue weighted by Gasteiger charge is -2.33. The van der Waals surface area contributed by atoms with Crippen LogP contribution in [0.2, 0.25) is 0 Å².